The fourth-order valence-corrected chi connectivity index (χ4v) is 16.4. The first-order valence-electron chi connectivity index (χ1n) is 21.2. The molecule has 5 aliphatic rings. The standard InChI is InChI=1S/C46H60O7S2/c1-45(2)34-30-31-46(45,44(47)32-34)33-54(48,49)53-55(41-24-18-38(19-25-41)50-35-12-6-3-7-13-35,42-26-20-39(21-27-42)51-36-14-8-4-9-15-36)43-28-22-40(23-29-43)52-37-16-10-5-11-17-37/h18-29,34-37H,3-17,30-33H2,1-2H3. The second-order valence-electron chi connectivity index (χ2n) is 17.5. The number of hydrogen-bond donors (Lipinski definition) is 0. The maximum atomic E-state index is 14.9. The van der Waals surface area contributed by atoms with E-state index < -0.39 is 31.3 Å². The SMILES string of the molecule is CC1(C)C2CCC1(CS(=O)(=O)OS(c1ccc(OC3CCCCC3)cc1)(c1ccc(OC3CCCCC3)cc1)c1ccc(OC3CCCCC3)cc1)C(=O)C2. The van der Waals surface area contributed by atoms with Gasteiger partial charge in [-0.25, -0.2) is 3.63 Å². The van der Waals surface area contributed by atoms with Crippen LogP contribution in [-0.2, 0) is 18.5 Å². The lowest BCUT2D eigenvalue weighted by Gasteiger charge is -2.42. The van der Waals surface area contributed by atoms with Crippen LogP contribution in [0.5, 0.6) is 17.2 Å². The largest absolute Gasteiger partial charge is 0.490 e. The van der Waals surface area contributed by atoms with Gasteiger partial charge in [-0.1, -0.05) is 33.1 Å². The van der Waals surface area contributed by atoms with Crippen molar-refractivity contribution >= 4 is 26.2 Å². The molecule has 0 N–H and O–H groups in total. The molecule has 2 unspecified atom stereocenters. The summed E-state index contributed by atoms with van der Waals surface area (Å²) in [6.45, 7) is 4.15. The van der Waals surface area contributed by atoms with Crippen LogP contribution >= 0.6 is 10.3 Å². The minimum atomic E-state index is -4.29. The predicted molar refractivity (Wildman–Crippen MR) is 218 cm³/mol. The molecular weight excluding hydrogens is 729 g/mol. The van der Waals surface area contributed by atoms with Gasteiger partial charge in [0.25, 0.3) is 10.1 Å². The lowest BCUT2D eigenvalue weighted by molar-refractivity contribution is -0.128. The second kappa shape index (κ2) is 16.1. The summed E-state index contributed by atoms with van der Waals surface area (Å²) in [6, 6.07) is 23.7. The number of carbonyl (C=O) groups excluding carboxylic acids is 1. The highest BCUT2D eigenvalue weighted by Gasteiger charge is 2.66. The van der Waals surface area contributed by atoms with Crippen LogP contribution in [0.2, 0.25) is 0 Å². The van der Waals surface area contributed by atoms with Crippen LogP contribution in [-0.4, -0.2) is 38.3 Å². The van der Waals surface area contributed by atoms with Gasteiger partial charge in [0, 0.05) is 21.1 Å². The maximum absolute atomic E-state index is 14.9. The summed E-state index contributed by atoms with van der Waals surface area (Å²) in [5.41, 5.74) is -1.39. The molecule has 0 saturated heterocycles. The third-order valence-corrected chi connectivity index (χ3v) is 19.1. The molecule has 0 amide bonds. The molecule has 7 nitrogen and oxygen atoms in total. The van der Waals surface area contributed by atoms with Gasteiger partial charge in [-0.3, -0.25) is 4.79 Å². The number of carbonyl (C=O) groups is 1. The third kappa shape index (κ3) is 7.96. The number of benzene rings is 3. The van der Waals surface area contributed by atoms with Crippen LogP contribution in [0.1, 0.15) is 129 Å². The Kier molecular flexibility index (Phi) is 11.4. The fraction of sp³-hybridized carbons (Fsp3) is 0.587. The van der Waals surface area contributed by atoms with Crippen molar-refractivity contribution in [3.8, 4) is 17.2 Å². The van der Waals surface area contributed by atoms with Crippen LogP contribution in [0.15, 0.2) is 87.5 Å². The normalized spacial score (nSPS) is 25.5. The van der Waals surface area contributed by atoms with Crippen molar-refractivity contribution in [3.63, 3.8) is 0 Å². The van der Waals surface area contributed by atoms with Gasteiger partial charge >= 0.3 is 0 Å². The Bertz CT molecular complexity index is 1720. The van der Waals surface area contributed by atoms with Crippen molar-refractivity contribution in [2.24, 2.45) is 16.7 Å². The zero-order chi connectivity index (χ0) is 38.1. The Hall–Kier alpha value is -3.01. The van der Waals surface area contributed by atoms with E-state index in [2.05, 4.69) is 13.8 Å². The van der Waals surface area contributed by atoms with Crippen molar-refractivity contribution in [1.82, 2.24) is 0 Å². The van der Waals surface area contributed by atoms with E-state index in [4.69, 9.17) is 17.8 Å². The first-order valence-corrected chi connectivity index (χ1v) is 24.3. The van der Waals surface area contributed by atoms with E-state index in [1.807, 2.05) is 72.8 Å². The van der Waals surface area contributed by atoms with Gasteiger partial charge in [0.15, 0.2) is 0 Å². The van der Waals surface area contributed by atoms with E-state index >= 15 is 0 Å². The average molecular weight is 789 g/mol. The summed E-state index contributed by atoms with van der Waals surface area (Å²) in [5, 5.41) is 0. The highest BCUT2D eigenvalue weighted by molar-refractivity contribution is 8.33. The van der Waals surface area contributed by atoms with E-state index in [1.54, 1.807) is 0 Å². The van der Waals surface area contributed by atoms with Crippen LogP contribution < -0.4 is 14.2 Å². The van der Waals surface area contributed by atoms with Gasteiger partial charge in [-0.2, -0.15) is 8.42 Å². The molecule has 5 fully saturated rings. The molecule has 5 aliphatic carbocycles. The van der Waals surface area contributed by atoms with Gasteiger partial charge in [-0.15, -0.1) is 0 Å². The average Bonchev–Trinajstić information content (AvgIpc) is 3.54. The molecule has 3 aromatic rings. The summed E-state index contributed by atoms with van der Waals surface area (Å²) < 4.78 is 56.0. The van der Waals surface area contributed by atoms with Gasteiger partial charge in [-0.05, 0) is 184 Å². The van der Waals surface area contributed by atoms with Gasteiger partial charge in [0.05, 0.1) is 29.5 Å². The summed E-state index contributed by atoms with van der Waals surface area (Å²) in [4.78, 5) is 15.9. The van der Waals surface area contributed by atoms with Crippen molar-refractivity contribution < 1.29 is 31.1 Å². The number of rotatable bonds is 13. The Morgan fingerprint density at radius 2 is 0.909 bits per heavy atom. The molecule has 3 aromatic carbocycles. The van der Waals surface area contributed by atoms with Gasteiger partial charge in [0.1, 0.15) is 23.0 Å². The van der Waals surface area contributed by atoms with Crippen LogP contribution in [0.25, 0.3) is 0 Å². The monoisotopic (exact) mass is 788 g/mol. The van der Waals surface area contributed by atoms with E-state index in [9.17, 15) is 13.2 Å². The Morgan fingerprint density at radius 3 is 1.22 bits per heavy atom. The van der Waals surface area contributed by atoms with E-state index in [1.165, 1.54) is 57.8 Å². The molecule has 5 saturated carbocycles. The zero-order valence-electron chi connectivity index (χ0n) is 32.8. The van der Waals surface area contributed by atoms with Crippen LogP contribution in [0, 0.1) is 16.7 Å². The number of fused-ring (bicyclic) bond motifs is 2. The molecule has 298 valence electrons. The molecule has 8 rings (SSSR count). The van der Waals surface area contributed by atoms with Crippen LogP contribution in [0.3, 0.4) is 0 Å². The Morgan fingerprint density at radius 1 is 0.545 bits per heavy atom. The summed E-state index contributed by atoms with van der Waals surface area (Å²) >= 11 is 0. The third-order valence-electron chi connectivity index (χ3n) is 13.8. The minimum absolute atomic E-state index is 0.0548. The topological polar surface area (TPSA) is 88.1 Å². The van der Waals surface area contributed by atoms with Crippen molar-refractivity contribution in [3.05, 3.63) is 72.8 Å². The molecule has 0 aliphatic heterocycles. The number of ether oxygens (including phenoxy) is 3. The molecule has 0 heterocycles. The maximum Gasteiger partial charge on any atom is 0.278 e. The quantitative estimate of drug-likeness (QED) is 0.170. The lowest BCUT2D eigenvalue weighted by atomic mass is 9.70. The van der Waals surface area contributed by atoms with Gasteiger partial charge in [0.2, 0.25) is 0 Å². The van der Waals surface area contributed by atoms with E-state index in [-0.39, 0.29) is 35.8 Å². The summed E-state index contributed by atoms with van der Waals surface area (Å²) in [7, 11) is -7.21. The highest BCUT2D eigenvalue weighted by atomic mass is 32.3. The molecule has 9 heteroatoms. The molecule has 0 aromatic heterocycles. The number of ketones is 1. The fourth-order valence-electron chi connectivity index (χ4n) is 10.4. The summed E-state index contributed by atoms with van der Waals surface area (Å²) in [6.07, 6.45) is 19.4. The van der Waals surface area contributed by atoms with Crippen molar-refractivity contribution in [2.45, 2.75) is 162 Å². The van der Waals surface area contributed by atoms with E-state index in [0.29, 0.717) is 12.8 Å². The Balaban J connectivity index is 1.21. The van der Waals surface area contributed by atoms with Gasteiger partial charge < -0.3 is 14.2 Å². The van der Waals surface area contributed by atoms with Crippen LogP contribution in [0.4, 0.5) is 0 Å². The number of Topliss-reactive ketones (excluding diaryl/α,β-unsaturated/α-hetero) is 1. The molecule has 55 heavy (non-hydrogen) atoms. The number of hydrogen-bond acceptors (Lipinski definition) is 7. The lowest BCUT2D eigenvalue weighted by Crippen LogP contribution is -2.42. The molecule has 0 radical (unpaired) electrons. The smallest absolute Gasteiger partial charge is 0.278 e. The molecule has 2 bridgehead atoms. The van der Waals surface area contributed by atoms with E-state index in [0.717, 1.165) is 76.9 Å². The Labute approximate surface area is 330 Å². The summed E-state index contributed by atoms with van der Waals surface area (Å²) in [5.74, 6) is 2.23. The minimum Gasteiger partial charge on any atom is -0.490 e. The van der Waals surface area contributed by atoms with Crippen molar-refractivity contribution in [2.75, 3.05) is 5.75 Å². The predicted octanol–water partition coefficient (Wildman–Crippen LogP) is 11.8. The van der Waals surface area contributed by atoms with Crippen molar-refractivity contribution in [1.29, 1.82) is 0 Å². The molecule has 2 atom stereocenters. The molecular formula is C46H60O7S2. The highest BCUT2D eigenvalue weighted by Crippen LogP contribution is 2.71. The zero-order valence-corrected chi connectivity index (χ0v) is 34.5. The second-order valence-corrected chi connectivity index (χ2v) is 22.0. The first kappa shape index (κ1) is 38.8. The first-order chi connectivity index (χ1) is 26.6. The molecule has 0 spiro atoms.